The summed E-state index contributed by atoms with van der Waals surface area (Å²) >= 11 is 0.494. The van der Waals surface area contributed by atoms with Crippen LogP contribution in [0, 0.1) is 5.92 Å². The van der Waals surface area contributed by atoms with E-state index in [0.29, 0.717) is 18.3 Å². The minimum Gasteiger partial charge on any atom is -0.481 e. The zero-order valence-corrected chi connectivity index (χ0v) is 11.7. The number of carbonyl (C=O) groups is 2. The average Bonchev–Trinajstić information content (AvgIpc) is 2.21. The van der Waals surface area contributed by atoms with Gasteiger partial charge in [-0.15, -0.1) is 11.8 Å². The number of nitrogens with zero attached hydrogens (tertiary/aromatic N) is 1. The zero-order chi connectivity index (χ0) is 15.1. The molecule has 0 aromatic carbocycles. The van der Waals surface area contributed by atoms with E-state index in [1.54, 1.807) is 0 Å². The van der Waals surface area contributed by atoms with Crippen LogP contribution >= 0.6 is 11.8 Å². The zero-order valence-electron chi connectivity index (χ0n) is 10.9. The van der Waals surface area contributed by atoms with Crippen LogP contribution in [0.25, 0.3) is 0 Å². The van der Waals surface area contributed by atoms with E-state index >= 15 is 0 Å². The minimum absolute atomic E-state index is 0.0267. The van der Waals surface area contributed by atoms with Crippen molar-refractivity contribution >= 4 is 23.6 Å². The van der Waals surface area contributed by atoms with Gasteiger partial charge in [-0.1, -0.05) is 13.8 Å². The van der Waals surface area contributed by atoms with Crippen molar-refractivity contribution < 1.29 is 27.9 Å². The van der Waals surface area contributed by atoms with E-state index in [1.807, 2.05) is 13.8 Å². The van der Waals surface area contributed by atoms with Gasteiger partial charge in [0.1, 0.15) is 0 Å². The first-order valence-corrected chi connectivity index (χ1v) is 6.91. The van der Waals surface area contributed by atoms with Crippen molar-refractivity contribution in [2.45, 2.75) is 26.4 Å². The summed E-state index contributed by atoms with van der Waals surface area (Å²) in [5.41, 5.74) is 0. The number of rotatable bonds is 8. The molecule has 0 aliphatic rings. The minimum atomic E-state index is -4.30. The Morgan fingerprint density at radius 3 is 2.32 bits per heavy atom. The largest absolute Gasteiger partial charge is 0.481 e. The highest BCUT2D eigenvalue weighted by atomic mass is 32.2. The molecule has 0 heterocycles. The van der Waals surface area contributed by atoms with Crippen LogP contribution in [-0.2, 0) is 9.59 Å². The van der Waals surface area contributed by atoms with E-state index in [4.69, 9.17) is 5.11 Å². The first-order valence-electron chi connectivity index (χ1n) is 5.76. The van der Waals surface area contributed by atoms with Gasteiger partial charge in [0.15, 0.2) is 0 Å². The summed E-state index contributed by atoms with van der Waals surface area (Å²) in [4.78, 5) is 23.5. The Bertz CT molecular complexity index is 308. The fourth-order valence-electron chi connectivity index (χ4n) is 1.33. The predicted octanol–water partition coefficient (Wildman–Crippen LogP) is 2.24. The number of thioether (sulfide) groups is 1. The molecule has 0 saturated carbocycles. The van der Waals surface area contributed by atoms with Crippen molar-refractivity contribution in [1.29, 1.82) is 0 Å². The number of amides is 1. The third kappa shape index (κ3) is 10.7. The van der Waals surface area contributed by atoms with Crippen LogP contribution in [0.5, 0.6) is 0 Å². The van der Waals surface area contributed by atoms with E-state index in [-0.39, 0.29) is 24.6 Å². The maximum Gasteiger partial charge on any atom is 0.397 e. The van der Waals surface area contributed by atoms with Crippen LogP contribution in [0.15, 0.2) is 0 Å². The highest BCUT2D eigenvalue weighted by Gasteiger charge is 2.27. The number of carboxylic acid groups (broad SMARTS) is 1. The van der Waals surface area contributed by atoms with Crippen LogP contribution in [0.3, 0.4) is 0 Å². The van der Waals surface area contributed by atoms with E-state index < -0.39 is 23.8 Å². The second kappa shape index (κ2) is 8.29. The molecule has 4 nitrogen and oxygen atoms in total. The van der Waals surface area contributed by atoms with Crippen molar-refractivity contribution in [3.05, 3.63) is 0 Å². The summed E-state index contributed by atoms with van der Waals surface area (Å²) in [6.45, 7) is 4.07. The summed E-state index contributed by atoms with van der Waals surface area (Å²) in [5, 5.41) is 8.57. The van der Waals surface area contributed by atoms with Gasteiger partial charge in [0.25, 0.3) is 0 Å². The molecular formula is C11H18F3NO3S. The van der Waals surface area contributed by atoms with Gasteiger partial charge in [-0.25, -0.2) is 0 Å². The number of alkyl halides is 3. The Kier molecular flexibility index (Phi) is 7.89. The third-order valence-electron chi connectivity index (χ3n) is 2.03. The van der Waals surface area contributed by atoms with E-state index in [9.17, 15) is 22.8 Å². The fourth-order valence-corrected chi connectivity index (χ4v) is 2.03. The number of carboxylic acids is 1. The first kappa shape index (κ1) is 18.1. The van der Waals surface area contributed by atoms with Gasteiger partial charge in [-0.2, -0.15) is 13.2 Å². The summed E-state index contributed by atoms with van der Waals surface area (Å²) in [5.74, 6) is -2.72. The second-order valence-corrected chi connectivity index (χ2v) is 5.47. The molecule has 0 saturated heterocycles. The molecule has 112 valence electrons. The molecule has 0 aliphatic heterocycles. The number of aliphatic carboxylic acids is 1. The van der Waals surface area contributed by atoms with Gasteiger partial charge < -0.3 is 10.0 Å². The maximum atomic E-state index is 11.9. The van der Waals surface area contributed by atoms with Crippen LogP contribution in [0.2, 0.25) is 0 Å². The fraction of sp³-hybridized carbons (Fsp3) is 0.818. The molecule has 0 atom stereocenters. The maximum absolute atomic E-state index is 11.9. The molecule has 8 heteroatoms. The molecule has 0 spiro atoms. The molecule has 0 aromatic heterocycles. The smallest absolute Gasteiger partial charge is 0.397 e. The Labute approximate surface area is 114 Å². The summed E-state index contributed by atoms with van der Waals surface area (Å²) < 4.78 is 35.8. The van der Waals surface area contributed by atoms with Crippen molar-refractivity contribution in [2.24, 2.45) is 5.92 Å². The Morgan fingerprint density at radius 2 is 1.89 bits per heavy atom. The molecule has 0 radical (unpaired) electrons. The SMILES string of the molecule is CC(C)CN(CCC(=O)O)C(=O)CSCC(F)(F)F. The van der Waals surface area contributed by atoms with Crippen LogP contribution in [0.4, 0.5) is 13.2 Å². The van der Waals surface area contributed by atoms with Gasteiger partial charge in [-0.3, -0.25) is 9.59 Å². The monoisotopic (exact) mass is 301 g/mol. The molecule has 0 aliphatic carbocycles. The lowest BCUT2D eigenvalue weighted by Crippen LogP contribution is -2.37. The lowest BCUT2D eigenvalue weighted by Gasteiger charge is -2.24. The number of carbonyl (C=O) groups excluding carboxylic acids is 1. The normalized spacial score (nSPS) is 11.7. The van der Waals surface area contributed by atoms with Crippen molar-refractivity contribution in [3.8, 4) is 0 Å². The summed E-state index contributed by atoms with van der Waals surface area (Å²) in [6.07, 6.45) is -4.50. The average molecular weight is 301 g/mol. The Morgan fingerprint density at radius 1 is 1.32 bits per heavy atom. The number of hydrogen-bond acceptors (Lipinski definition) is 3. The second-order valence-electron chi connectivity index (χ2n) is 4.49. The molecular weight excluding hydrogens is 283 g/mol. The summed E-state index contributed by atoms with van der Waals surface area (Å²) in [7, 11) is 0. The van der Waals surface area contributed by atoms with Crippen molar-refractivity contribution in [1.82, 2.24) is 4.90 Å². The van der Waals surface area contributed by atoms with Gasteiger partial charge >= 0.3 is 12.1 Å². The Hall–Kier alpha value is -0.920. The van der Waals surface area contributed by atoms with Gasteiger partial charge in [-0.05, 0) is 5.92 Å². The van der Waals surface area contributed by atoms with E-state index in [2.05, 4.69) is 0 Å². The first-order chi connectivity index (χ1) is 8.61. The molecule has 0 aromatic rings. The lowest BCUT2D eigenvalue weighted by molar-refractivity contribution is -0.138. The standard InChI is InChI=1S/C11H18F3NO3S/c1-8(2)5-15(4-3-10(17)18)9(16)6-19-7-11(12,13)14/h8H,3-7H2,1-2H3,(H,17,18). The van der Waals surface area contributed by atoms with Crippen LogP contribution in [0.1, 0.15) is 20.3 Å². The van der Waals surface area contributed by atoms with Crippen molar-refractivity contribution in [3.63, 3.8) is 0 Å². The molecule has 0 bridgehead atoms. The van der Waals surface area contributed by atoms with Crippen molar-refractivity contribution in [2.75, 3.05) is 24.6 Å². The topological polar surface area (TPSA) is 57.6 Å². The molecule has 1 amide bonds. The number of halogens is 3. The lowest BCUT2D eigenvalue weighted by atomic mass is 10.2. The van der Waals surface area contributed by atoms with Gasteiger partial charge in [0.05, 0.1) is 17.9 Å². The van der Waals surface area contributed by atoms with Gasteiger partial charge in [0.2, 0.25) is 5.91 Å². The molecule has 19 heavy (non-hydrogen) atoms. The molecule has 0 rings (SSSR count). The van der Waals surface area contributed by atoms with Crippen LogP contribution < -0.4 is 0 Å². The quantitative estimate of drug-likeness (QED) is 0.747. The van der Waals surface area contributed by atoms with Crippen LogP contribution in [-0.4, -0.2) is 52.7 Å². The molecule has 1 N–H and O–H groups in total. The third-order valence-corrected chi connectivity index (χ3v) is 3.01. The molecule has 0 unspecified atom stereocenters. The van der Waals surface area contributed by atoms with Gasteiger partial charge in [0, 0.05) is 13.1 Å². The Balaban J connectivity index is 4.25. The predicted molar refractivity (Wildman–Crippen MR) is 67.1 cm³/mol. The molecule has 0 fully saturated rings. The number of hydrogen-bond donors (Lipinski definition) is 1. The van der Waals surface area contributed by atoms with E-state index in [1.165, 1.54) is 4.90 Å². The highest BCUT2D eigenvalue weighted by Crippen LogP contribution is 2.21. The highest BCUT2D eigenvalue weighted by molar-refractivity contribution is 8.00. The summed E-state index contributed by atoms with van der Waals surface area (Å²) in [6, 6.07) is 0. The van der Waals surface area contributed by atoms with E-state index in [0.717, 1.165) is 0 Å².